The Bertz CT molecular complexity index is 575. The standard InChI is InChI=1S/C13H13N3O2.ClH/c1-17-10-4-2-3-5-11(10)18-12-8-9(13(14)15)6-7-16-12;/h2-8H,1H3,(H3,14,15);1H. The highest BCUT2D eigenvalue weighted by atomic mass is 35.5. The summed E-state index contributed by atoms with van der Waals surface area (Å²) in [5.74, 6) is 1.52. The average molecular weight is 280 g/mol. The highest BCUT2D eigenvalue weighted by Gasteiger charge is 2.06. The van der Waals surface area contributed by atoms with Gasteiger partial charge in [-0.2, -0.15) is 0 Å². The summed E-state index contributed by atoms with van der Waals surface area (Å²) in [7, 11) is 1.57. The summed E-state index contributed by atoms with van der Waals surface area (Å²) in [5.41, 5.74) is 5.97. The number of para-hydroxylation sites is 2. The van der Waals surface area contributed by atoms with Gasteiger partial charge in [-0.05, 0) is 18.2 Å². The van der Waals surface area contributed by atoms with E-state index in [4.69, 9.17) is 20.6 Å². The number of amidine groups is 1. The van der Waals surface area contributed by atoms with Gasteiger partial charge >= 0.3 is 0 Å². The van der Waals surface area contributed by atoms with Gasteiger partial charge in [-0.1, -0.05) is 12.1 Å². The number of pyridine rings is 1. The van der Waals surface area contributed by atoms with Crippen molar-refractivity contribution in [1.82, 2.24) is 4.98 Å². The first-order valence-corrected chi connectivity index (χ1v) is 5.32. The maximum absolute atomic E-state index is 7.36. The molecule has 100 valence electrons. The fourth-order valence-electron chi connectivity index (χ4n) is 1.45. The zero-order valence-corrected chi connectivity index (χ0v) is 11.1. The minimum atomic E-state index is -0.0257. The number of nitrogens with zero attached hydrogens (tertiary/aromatic N) is 1. The summed E-state index contributed by atoms with van der Waals surface area (Å²) in [6, 6.07) is 10.5. The number of nitrogens with two attached hydrogens (primary N) is 1. The lowest BCUT2D eigenvalue weighted by Crippen LogP contribution is -2.11. The van der Waals surface area contributed by atoms with Crippen LogP contribution < -0.4 is 15.2 Å². The van der Waals surface area contributed by atoms with E-state index in [0.29, 0.717) is 22.9 Å². The molecule has 6 heteroatoms. The van der Waals surface area contributed by atoms with E-state index < -0.39 is 0 Å². The van der Waals surface area contributed by atoms with E-state index in [-0.39, 0.29) is 18.2 Å². The molecule has 0 saturated carbocycles. The van der Waals surface area contributed by atoms with Crippen LogP contribution in [0.4, 0.5) is 0 Å². The van der Waals surface area contributed by atoms with Crippen LogP contribution in [-0.4, -0.2) is 17.9 Å². The number of rotatable bonds is 4. The molecule has 0 aliphatic rings. The van der Waals surface area contributed by atoms with E-state index in [1.807, 2.05) is 12.1 Å². The second-order valence-corrected chi connectivity index (χ2v) is 3.55. The second-order valence-electron chi connectivity index (χ2n) is 3.55. The van der Waals surface area contributed by atoms with Gasteiger partial charge in [-0.3, -0.25) is 5.41 Å². The normalized spacial score (nSPS) is 9.32. The molecule has 19 heavy (non-hydrogen) atoms. The highest BCUT2D eigenvalue weighted by molar-refractivity contribution is 5.95. The number of ether oxygens (including phenoxy) is 2. The lowest BCUT2D eigenvalue weighted by molar-refractivity contribution is 0.374. The molecule has 0 amide bonds. The Morgan fingerprint density at radius 2 is 1.89 bits per heavy atom. The van der Waals surface area contributed by atoms with Crippen LogP contribution in [0.2, 0.25) is 0 Å². The largest absolute Gasteiger partial charge is 0.493 e. The Morgan fingerprint density at radius 3 is 2.53 bits per heavy atom. The van der Waals surface area contributed by atoms with Gasteiger partial charge in [0.05, 0.1) is 7.11 Å². The third-order valence-corrected chi connectivity index (χ3v) is 2.33. The van der Waals surface area contributed by atoms with Crippen molar-refractivity contribution in [2.24, 2.45) is 5.73 Å². The molecule has 0 unspecified atom stereocenters. The van der Waals surface area contributed by atoms with Crippen LogP contribution in [-0.2, 0) is 0 Å². The Balaban J connectivity index is 0.00000180. The lowest BCUT2D eigenvalue weighted by Gasteiger charge is -2.09. The highest BCUT2D eigenvalue weighted by Crippen LogP contribution is 2.29. The summed E-state index contributed by atoms with van der Waals surface area (Å²) >= 11 is 0. The quantitative estimate of drug-likeness (QED) is 0.666. The molecule has 0 aliphatic carbocycles. The Morgan fingerprint density at radius 1 is 1.21 bits per heavy atom. The van der Waals surface area contributed by atoms with Crippen LogP contribution in [0.15, 0.2) is 42.6 Å². The summed E-state index contributed by atoms with van der Waals surface area (Å²) in [6.45, 7) is 0. The Labute approximate surface area is 117 Å². The van der Waals surface area contributed by atoms with Crippen molar-refractivity contribution < 1.29 is 9.47 Å². The molecular formula is C13H14ClN3O2. The third-order valence-electron chi connectivity index (χ3n) is 2.33. The zero-order chi connectivity index (χ0) is 13.0. The van der Waals surface area contributed by atoms with Crippen LogP contribution >= 0.6 is 12.4 Å². The number of methoxy groups -OCH3 is 1. The van der Waals surface area contributed by atoms with E-state index in [1.165, 1.54) is 0 Å². The van der Waals surface area contributed by atoms with E-state index >= 15 is 0 Å². The number of nitrogens with one attached hydrogen (secondary N) is 1. The van der Waals surface area contributed by atoms with Crippen LogP contribution in [0.25, 0.3) is 0 Å². The molecule has 0 bridgehead atoms. The van der Waals surface area contributed by atoms with E-state index in [0.717, 1.165) is 0 Å². The fourth-order valence-corrected chi connectivity index (χ4v) is 1.45. The maximum Gasteiger partial charge on any atom is 0.220 e. The topological polar surface area (TPSA) is 81.2 Å². The molecule has 2 rings (SSSR count). The van der Waals surface area contributed by atoms with E-state index in [1.54, 1.807) is 37.6 Å². The van der Waals surface area contributed by atoms with Crippen molar-refractivity contribution in [3.05, 3.63) is 48.2 Å². The molecule has 3 N–H and O–H groups in total. The molecule has 0 aliphatic heterocycles. The summed E-state index contributed by atoms with van der Waals surface area (Å²) in [6.07, 6.45) is 1.54. The first kappa shape index (κ1) is 14.8. The first-order chi connectivity index (χ1) is 8.70. The second kappa shape index (κ2) is 6.61. The monoisotopic (exact) mass is 279 g/mol. The van der Waals surface area contributed by atoms with Gasteiger partial charge < -0.3 is 15.2 Å². The molecular weight excluding hydrogens is 266 g/mol. The molecule has 0 radical (unpaired) electrons. The molecule has 0 fully saturated rings. The van der Waals surface area contributed by atoms with Crippen LogP contribution in [0.3, 0.4) is 0 Å². The van der Waals surface area contributed by atoms with Gasteiger partial charge in [-0.25, -0.2) is 4.98 Å². The summed E-state index contributed by atoms with van der Waals surface area (Å²) < 4.78 is 10.8. The minimum absolute atomic E-state index is 0. The molecule has 1 heterocycles. The van der Waals surface area contributed by atoms with Crippen molar-refractivity contribution in [2.45, 2.75) is 0 Å². The molecule has 5 nitrogen and oxygen atoms in total. The SMILES string of the molecule is COc1ccccc1Oc1cc(C(=N)N)ccn1.Cl. The predicted octanol–water partition coefficient (Wildman–Crippen LogP) is 2.59. The molecule has 0 atom stereocenters. The van der Waals surface area contributed by atoms with Gasteiger partial charge in [0.2, 0.25) is 5.88 Å². The molecule has 0 saturated heterocycles. The number of hydrogen-bond acceptors (Lipinski definition) is 4. The van der Waals surface area contributed by atoms with Gasteiger partial charge in [0, 0.05) is 17.8 Å². The van der Waals surface area contributed by atoms with Crippen LogP contribution in [0.1, 0.15) is 5.56 Å². The Kier molecular flexibility index (Phi) is 5.14. The third kappa shape index (κ3) is 3.59. The first-order valence-electron chi connectivity index (χ1n) is 5.32. The van der Waals surface area contributed by atoms with Gasteiger partial charge in [0.25, 0.3) is 0 Å². The number of halogens is 1. The summed E-state index contributed by atoms with van der Waals surface area (Å²) in [4.78, 5) is 4.06. The van der Waals surface area contributed by atoms with Gasteiger partial charge in [0.1, 0.15) is 5.84 Å². The van der Waals surface area contributed by atoms with Gasteiger partial charge in [0.15, 0.2) is 11.5 Å². The zero-order valence-electron chi connectivity index (χ0n) is 10.3. The van der Waals surface area contributed by atoms with E-state index in [2.05, 4.69) is 4.98 Å². The van der Waals surface area contributed by atoms with E-state index in [9.17, 15) is 0 Å². The molecule has 2 aromatic rings. The van der Waals surface area contributed by atoms with Gasteiger partial charge in [-0.15, -0.1) is 12.4 Å². The molecule has 0 spiro atoms. The van der Waals surface area contributed by atoms with Crippen molar-refractivity contribution in [3.63, 3.8) is 0 Å². The van der Waals surface area contributed by atoms with Crippen LogP contribution in [0, 0.1) is 5.41 Å². The van der Waals surface area contributed by atoms with Crippen molar-refractivity contribution >= 4 is 18.2 Å². The average Bonchev–Trinajstić information content (AvgIpc) is 2.39. The fraction of sp³-hybridized carbons (Fsp3) is 0.0769. The number of nitrogen functional groups attached to an aromatic ring is 1. The number of aromatic nitrogens is 1. The minimum Gasteiger partial charge on any atom is -0.493 e. The number of benzene rings is 1. The smallest absolute Gasteiger partial charge is 0.220 e. The maximum atomic E-state index is 7.36. The molecule has 1 aromatic carbocycles. The van der Waals surface area contributed by atoms with Crippen LogP contribution in [0.5, 0.6) is 17.4 Å². The molecule has 1 aromatic heterocycles. The lowest BCUT2D eigenvalue weighted by atomic mass is 10.2. The van der Waals surface area contributed by atoms with Crippen molar-refractivity contribution in [3.8, 4) is 17.4 Å². The predicted molar refractivity (Wildman–Crippen MR) is 75.6 cm³/mol. The summed E-state index contributed by atoms with van der Waals surface area (Å²) in [5, 5.41) is 7.36. The number of hydrogen-bond donors (Lipinski definition) is 2. The Hall–Kier alpha value is -2.27. The van der Waals surface area contributed by atoms with Crippen molar-refractivity contribution in [2.75, 3.05) is 7.11 Å². The van der Waals surface area contributed by atoms with Crippen molar-refractivity contribution in [1.29, 1.82) is 5.41 Å².